The molecular formula is C28H34N6O4. The first-order chi connectivity index (χ1) is 18.5. The summed E-state index contributed by atoms with van der Waals surface area (Å²) in [5.41, 5.74) is 10.2. The minimum atomic E-state index is -0.405. The summed E-state index contributed by atoms with van der Waals surface area (Å²) in [5, 5.41) is 6.72. The van der Waals surface area contributed by atoms with Gasteiger partial charge < -0.3 is 25.0 Å². The average molecular weight is 519 g/mol. The largest absolute Gasteiger partial charge is 0.497 e. The number of rotatable bonds is 6. The van der Waals surface area contributed by atoms with Crippen LogP contribution in [0.4, 0.5) is 17.1 Å². The molecule has 2 amide bonds. The predicted molar refractivity (Wildman–Crippen MR) is 142 cm³/mol. The van der Waals surface area contributed by atoms with Crippen molar-refractivity contribution in [3.63, 3.8) is 0 Å². The maximum Gasteiger partial charge on any atom is 0.237 e. The molecule has 200 valence electrons. The first-order valence-corrected chi connectivity index (χ1v) is 13.6. The third-order valence-electron chi connectivity index (χ3n) is 9.47. The first kappa shape index (κ1) is 23.7. The maximum atomic E-state index is 13.1. The number of aromatic nitrogens is 1. The van der Waals surface area contributed by atoms with Crippen molar-refractivity contribution in [3.8, 4) is 11.6 Å². The fourth-order valence-corrected chi connectivity index (χ4v) is 7.46. The SMILES string of the molecule is COc1ccc2c(c1)[C@]1(C[C@H]1C1CCC3C(C1)NNC3Nc1cc(N3CCCC3=O)cnc1OC)C(=O)N2. The molecule has 1 aromatic carbocycles. The highest BCUT2D eigenvalue weighted by atomic mass is 16.5. The number of fused-ring (bicyclic) bond motifs is 3. The van der Waals surface area contributed by atoms with Gasteiger partial charge in [0.2, 0.25) is 17.7 Å². The van der Waals surface area contributed by atoms with Crippen LogP contribution < -0.4 is 35.9 Å². The van der Waals surface area contributed by atoms with Crippen LogP contribution in [-0.2, 0) is 15.0 Å². The number of hydrogen-bond acceptors (Lipinski definition) is 8. The van der Waals surface area contributed by atoms with Gasteiger partial charge in [-0.05, 0) is 73.8 Å². The summed E-state index contributed by atoms with van der Waals surface area (Å²) in [5.74, 6) is 2.80. The lowest BCUT2D eigenvalue weighted by atomic mass is 9.74. The molecule has 6 atom stereocenters. The zero-order valence-electron chi connectivity index (χ0n) is 21.8. The molecule has 2 aliphatic carbocycles. The Morgan fingerprint density at radius 3 is 2.82 bits per heavy atom. The van der Waals surface area contributed by atoms with E-state index in [0.29, 0.717) is 36.1 Å². The number of pyridine rings is 1. The van der Waals surface area contributed by atoms with Gasteiger partial charge in [-0.1, -0.05) is 0 Å². The number of carbonyl (C=O) groups is 2. The average Bonchev–Trinajstić information content (AvgIpc) is 3.18. The van der Waals surface area contributed by atoms with Gasteiger partial charge in [-0.2, -0.15) is 0 Å². The summed E-state index contributed by atoms with van der Waals surface area (Å²) in [6, 6.07) is 8.18. The van der Waals surface area contributed by atoms with Crippen molar-refractivity contribution in [1.82, 2.24) is 15.8 Å². The minimum Gasteiger partial charge on any atom is -0.497 e. The molecule has 4 fully saturated rings. The molecular weight excluding hydrogens is 484 g/mol. The van der Waals surface area contributed by atoms with Gasteiger partial charge in [0.25, 0.3) is 0 Å². The van der Waals surface area contributed by atoms with E-state index in [1.807, 2.05) is 24.3 Å². The molecule has 3 aliphatic heterocycles. The van der Waals surface area contributed by atoms with Crippen molar-refractivity contribution >= 4 is 28.9 Å². The van der Waals surface area contributed by atoms with Crippen LogP contribution >= 0.6 is 0 Å². The zero-order valence-corrected chi connectivity index (χ0v) is 21.8. The second kappa shape index (κ2) is 8.84. The molecule has 1 spiro atoms. The Morgan fingerprint density at radius 1 is 1.13 bits per heavy atom. The highest BCUT2D eigenvalue weighted by Crippen LogP contribution is 2.65. The molecule has 10 heteroatoms. The minimum absolute atomic E-state index is 0.00843. The summed E-state index contributed by atoms with van der Waals surface area (Å²) in [6.07, 6.45) is 7.22. The topological polar surface area (TPSA) is 117 Å². The normalized spacial score (nSPS) is 33.2. The smallest absolute Gasteiger partial charge is 0.237 e. The number of carbonyl (C=O) groups excluding carboxylic acids is 2. The summed E-state index contributed by atoms with van der Waals surface area (Å²) in [7, 11) is 3.28. The van der Waals surface area contributed by atoms with E-state index in [0.717, 1.165) is 67.0 Å². The number of amides is 2. The van der Waals surface area contributed by atoms with Gasteiger partial charge in [0.05, 0.1) is 37.7 Å². The predicted octanol–water partition coefficient (Wildman–Crippen LogP) is 2.77. The Labute approximate surface area is 221 Å². The van der Waals surface area contributed by atoms with Gasteiger partial charge in [0, 0.05) is 30.6 Å². The molecule has 5 aliphatic rings. The molecule has 4 unspecified atom stereocenters. The highest BCUT2D eigenvalue weighted by Gasteiger charge is 2.67. The van der Waals surface area contributed by atoms with E-state index in [4.69, 9.17) is 9.47 Å². The van der Waals surface area contributed by atoms with Crippen LogP contribution in [0.15, 0.2) is 30.5 Å². The van der Waals surface area contributed by atoms with Crippen molar-refractivity contribution in [2.75, 3.05) is 36.3 Å². The number of hydrazine groups is 1. The first-order valence-electron chi connectivity index (χ1n) is 13.6. The zero-order chi connectivity index (χ0) is 26.0. The fourth-order valence-electron chi connectivity index (χ4n) is 7.46. The Kier molecular flexibility index (Phi) is 5.52. The van der Waals surface area contributed by atoms with Crippen LogP contribution in [0, 0.1) is 17.8 Å². The van der Waals surface area contributed by atoms with E-state index in [1.54, 1.807) is 25.3 Å². The molecule has 1 aromatic heterocycles. The van der Waals surface area contributed by atoms with Gasteiger partial charge in [0.15, 0.2) is 0 Å². The third-order valence-corrected chi connectivity index (χ3v) is 9.47. The monoisotopic (exact) mass is 518 g/mol. The third kappa shape index (κ3) is 3.57. The summed E-state index contributed by atoms with van der Waals surface area (Å²) in [6.45, 7) is 0.722. The van der Waals surface area contributed by atoms with E-state index < -0.39 is 5.41 Å². The van der Waals surface area contributed by atoms with Gasteiger partial charge in [-0.3, -0.25) is 15.0 Å². The number of ether oxygens (including phenoxy) is 2. The van der Waals surface area contributed by atoms with E-state index in [9.17, 15) is 9.59 Å². The number of anilines is 3. The molecule has 4 heterocycles. The molecule has 0 bridgehead atoms. The van der Waals surface area contributed by atoms with Crippen molar-refractivity contribution in [1.29, 1.82) is 0 Å². The molecule has 10 nitrogen and oxygen atoms in total. The van der Waals surface area contributed by atoms with Crippen molar-refractivity contribution in [3.05, 3.63) is 36.0 Å². The van der Waals surface area contributed by atoms with Crippen LogP contribution in [0.5, 0.6) is 11.6 Å². The van der Waals surface area contributed by atoms with Crippen LogP contribution in [0.2, 0.25) is 0 Å². The van der Waals surface area contributed by atoms with Crippen LogP contribution in [-0.4, -0.2) is 49.8 Å². The van der Waals surface area contributed by atoms with Gasteiger partial charge in [-0.15, -0.1) is 0 Å². The number of nitrogens with one attached hydrogen (secondary N) is 4. The number of nitrogens with zero attached hydrogens (tertiary/aromatic N) is 2. The van der Waals surface area contributed by atoms with Gasteiger partial charge in [-0.25, -0.2) is 10.4 Å². The van der Waals surface area contributed by atoms with E-state index in [-0.39, 0.29) is 18.0 Å². The number of benzene rings is 1. The summed E-state index contributed by atoms with van der Waals surface area (Å²) in [4.78, 5) is 31.7. The molecule has 2 saturated carbocycles. The van der Waals surface area contributed by atoms with E-state index in [1.165, 1.54) is 0 Å². The van der Waals surface area contributed by atoms with Crippen molar-refractivity contribution in [2.45, 2.75) is 56.1 Å². The van der Waals surface area contributed by atoms with Crippen molar-refractivity contribution in [2.24, 2.45) is 17.8 Å². The summed E-state index contributed by atoms with van der Waals surface area (Å²) >= 11 is 0. The van der Waals surface area contributed by atoms with Crippen LogP contribution in [0.1, 0.15) is 44.1 Å². The van der Waals surface area contributed by atoms with E-state index in [2.05, 4.69) is 26.5 Å². The van der Waals surface area contributed by atoms with Crippen molar-refractivity contribution < 1.29 is 19.1 Å². The standard InChI is InChI=1S/C28H34N6O4/c1-37-17-6-8-21-19(12-17)28(27(36)31-21)13-20(28)15-5-7-18-22(10-15)32-33-25(18)30-23-11-16(14-29-26(23)38-2)34-9-3-4-24(34)35/h6,8,11-12,14-15,18,20,22,25,30,32-33H,3-5,7,9-10,13H2,1-2H3,(H,31,36)/t15?,18?,20-,22?,25?,28-/m0/s1. The maximum absolute atomic E-state index is 13.1. The molecule has 0 radical (unpaired) electrons. The molecule has 2 aromatic rings. The molecule has 4 N–H and O–H groups in total. The Bertz CT molecular complexity index is 1300. The summed E-state index contributed by atoms with van der Waals surface area (Å²) < 4.78 is 11.0. The number of hydrogen-bond donors (Lipinski definition) is 4. The lowest BCUT2D eigenvalue weighted by Crippen LogP contribution is -2.39. The molecule has 38 heavy (non-hydrogen) atoms. The molecule has 7 rings (SSSR count). The number of methoxy groups -OCH3 is 2. The quantitative estimate of drug-likeness (QED) is 0.461. The van der Waals surface area contributed by atoms with E-state index >= 15 is 0 Å². The van der Waals surface area contributed by atoms with Crippen LogP contribution in [0.3, 0.4) is 0 Å². The molecule has 2 saturated heterocycles. The highest BCUT2D eigenvalue weighted by molar-refractivity contribution is 6.09. The Hall–Kier alpha value is -3.37. The van der Waals surface area contributed by atoms with Crippen LogP contribution in [0.25, 0.3) is 0 Å². The second-order valence-electron chi connectivity index (χ2n) is 11.3. The van der Waals surface area contributed by atoms with Gasteiger partial charge in [0.1, 0.15) is 11.4 Å². The Balaban J connectivity index is 1.05. The Morgan fingerprint density at radius 2 is 2.03 bits per heavy atom. The fraction of sp³-hybridized carbons (Fsp3) is 0.536. The second-order valence-corrected chi connectivity index (χ2v) is 11.3. The lowest BCUT2D eigenvalue weighted by Gasteiger charge is -2.34. The van der Waals surface area contributed by atoms with Gasteiger partial charge >= 0.3 is 0 Å². The lowest BCUT2D eigenvalue weighted by molar-refractivity contribution is -0.118.